The molecule has 0 spiro atoms. The standard InChI is InChI=1S/C28H32N2O6S/c1-4-5-21-7-9-23(10-8-21)35-17-16-29-28(31)27-19-30(25-18-20(2)6-15-26(25)36-27)37(32,33)24-13-11-22(34-3)12-14-24/h6-15,18,27H,4-5,16-17,19H2,1-3H3,(H,29,31). The lowest BCUT2D eigenvalue weighted by molar-refractivity contribution is -0.127. The average Bonchev–Trinajstić information content (AvgIpc) is 2.91. The summed E-state index contributed by atoms with van der Waals surface area (Å²) >= 11 is 0. The van der Waals surface area contributed by atoms with Crippen LogP contribution in [0.3, 0.4) is 0 Å². The molecule has 0 bridgehead atoms. The summed E-state index contributed by atoms with van der Waals surface area (Å²) in [6.45, 7) is 4.37. The van der Waals surface area contributed by atoms with E-state index in [1.54, 1.807) is 24.3 Å². The minimum absolute atomic E-state index is 0.0974. The number of methoxy groups -OCH3 is 1. The molecule has 8 nitrogen and oxygen atoms in total. The van der Waals surface area contributed by atoms with E-state index in [9.17, 15) is 13.2 Å². The second kappa shape index (κ2) is 11.6. The molecular formula is C28H32N2O6S. The molecule has 9 heteroatoms. The molecule has 1 amide bonds. The number of aryl methyl sites for hydroxylation is 2. The molecule has 1 heterocycles. The first-order valence-corrected chi connectivity index (χ1v) is 13.7. The lowest BCUT2D eigenvalue weighted by Crippen LogP contribution is -2.51. The fourth-order valence-electron chi connectivity index (χ4n) is 4.10. The van der Waals surface area contributed by atoms with Crippen molar-refractivity contribution in [3.63, 3.8) is 0 Å². The molecule has 1 N–H and O–H groups in total. The molecule has 4 rings (SSSR count). The van der Waals surface area contributed by atoms with E-state index in [2.05, 4.69) is 12.2 Å². The van der Waals surface area contributed by atoms with Crippen LogP contribution in [-0.2, 0) is 21.2 Å². The predicted octanol–water partition coefficient (Wildman–Crippen LogP) is 4.11. The topological polar surface area (TPSA) is 94.2 Å². The highest BCUT2D eigenvalue weighted by molar-refractivity contribution is 7.92. The van der Waals surface area contributed by atoms with E-state index in [0.29, 0.717) is 17.2 Å². The summed E-state index contributed by atoms with van der Waals surface area (Å²) in [5.41, 5.74) is 2.53. The summed E-state index contributed by atoms with van der Waals surface area (Å²) in [4.78, 5) is 13.1. The molecule has 196 valence electrons. The summed E-state index contributed by atoms with van der Waals surface area (Å²) in [7, 11) is -2.44. The van der Waals surface area contributed by atoms with Crippen LogP contribution in [-0.4, -0.2) is 47.2 Å². The second-order valence-electron chi connectivity index (χ2n) is 8.82. The molecule has 3 aromatic carbocycles. The van der Waals surface area contributed by atoms with Crippen molar-refractivity contribution in [3.8, 4) is 17.2 Å². The van der Waals surface area contributed by atoms with E-state index in [1.807, 2.05) is 37.3 Å². The number of fused-ring (bicyclic) bond motifs is 1. The molecule has 0 saturated heterocycles. The Morgan fingerprint density at radius 1 is 1.05 bits per heavy atom. The number of benzene rings is 3. The van der Waals surface area contributed by atoms with Gasteiger partial charge < -0.3 is 19.5 Å². The van der Waals surface area contributed by atoms with Gasteiger partial charge in [-0.3, -0.25) is 9.10 Å². The number of carbonyl (C=O) groups is 1. The summed E-state index contributed by atoms with van der Waals surface area (Å²) in [5.74, 6) is 1.19. The van der Waals surface area contributed by atoms with Gasteiger partial charge in [0.25, 0.3) is 15.9 Å². The van der Waals surface area contributed by atoms with E-state index in [-0.39, 0.29) is 24.6 Å². The van der Waals surface area contributed by atoms with E-state index in [1.165, 1.54) is 29.1 Å². The molecule has 1 aliphatic rings. The maximum absolute atomic E-state index is 13.6. The smallest absolute Gasteiger partial charge is 0.264 e. The van der Waals surface area contributed by atoms with Gasteiger partial charge in [0.05, 0.1) is 30.8 Å². The van der Waals surface area contributed by atoms with Gasteiger partial charge in [-0.05, 0) is 73.0 Å². The zero-order valence-electron chi connectivity index (χ0n) is 21.3. The molecule has 0 aromatic heterocycles. The fraction of sp³-hybridized carbons (Fsp3) is 0.321. The summed E-state index contributed by atoms with van der Waals surface area (Å²) in [5, 5.41) is 2.80. The van der Waals surface area contributed by atoms with Crippen molar-refractivity contribution in [3.05, 3.63) is 77.9 Å². The third-order valence-corrected chi connectivity index (χ3v) is 7.85. The Morgan fingerprint density at radius 3 is 2.43 bits per heavy atom. The quantitative estimate of drug-likeness (QED) is 0.401. The SMILES string of the molecule is CCCc1ccc(OCCNC(=O)C2CN(S(=O)(=O)c3ccc(OC)cc3)c3cc(C)ccc3O2)cc1. The number of sulfonamides is 1. The van der Waals surface area contributed by atoms with Gasteiger partial charge in [0.2, 0.25) is 0 Å². The Balaban J connectivity index is 1.44. The number of amides is 1. The maximum Gasteiger partial charge on any atom is 0.264 e. The molecule has 0 fully saturated rings. The molecule has 0 saturated carbocycles. The van der Waals surface area contributed by atoms with Gasteiger partial charge in [0.1, 0.15) is 23.9 Å². The zero-order chi connectivity index (χ0) is 26.4. The minimum atomic E-state index is -3.96. The van der Waals surface area contributed by atoms with Crippen molar-refractivity contribution in [1.29, 1.82) is 0 Å². The molecule has 3 aromatic rings. The van der Waals surface area contributed by atoms with Gasteiger partial charge >= 0.3 is 0 Å². The van der Waals surface area contributed by atoms with Crippen molar-refractivity contribution < 1.29 is 27.4 Å². The van der Waals surface area contributed by atoms with Gasteiger partial charge in [-0.2, -0.15) is 0 Å². The largest absolute Gasteiger partial charge is 0.497 e. The van der Waals surface area contributed by atoms with Gasteiger partial charge in [0.15, 0.2) is 6.10 Å². The van der Waals surface area contributed by atoms with Crippen LogP contribution in [0.4, 0.5) is 5.69 Å². The Morgan fingerprint density at radius 2 is 1.76 bits per heavy atom. The van der Waals surface area contributed by atoms with Crippen LogP contribution in [0.2, 0.25) is 0 Å². The van der Waals surface area contributed by atoms with Gasteiger partial charge in [0, 0.05) is 0 Å². The second-order valence-corrected chi connectivity index (χ2v) is 10.7. The van der Waals surface area contributed by atoms with Crippen LogP contribution in [0.25, 0.3) is 0 Å². The highest BCUT2D eigenvalue weighted by Crippen LogP contribution is 2.38. The molecular weight excluding hydrogens is 492 g/mol. The van der Waals surface area contributed by atoms with E-state index < -0.39 is 22.0 Å². The van der Waals surface area contributed by atoms with Crippen LogP contribution in [0.5, 0.6) is 17.2 Å². The van der Waals surface area contributed by atoms with Crippen LogP contribution >= 0.6 is 0 Å². The van der Waals surface area contributed by atoms with E-state index >= 15 is 0 Å². The molecule has 1 atom stereocenters. The predicted molar refractivity (Wildman–Crippen MR) is 142 cm³/mol. The number of hydrogen-bond acceptors (Lipinski definition) is 6. The van der Waals surface area contributed by atoms with Crippen LogP contribution in [0.15, 0.2) is 71.6 Å². The van der Waals surface area contributed by atoms with Crippen molar-refractivity contribution in [2.45, 2.75) is 37.7 Å². The zero-order valence-corrected chi connectivity index (χ0v) is 22.1. The van der Waals surface area contributed by atoms with Gasteiger partial charge in [-0.25, -0.2) is 8.42 Å². The number of nitrogens with zero attached hydrogens (tertiary/aromatic N) is 1. The average molecular weight is 525 g/mol. The highest BCUT2D eigenvalue weighted by Gasteiger charge is 2.37. The fourth-order valence-corrected chi connectivity index (χ4v) is 5.57. The van der Waals surface area contributed by atoms with Crippen molar-refractivity contribution in [1.82, 2.24) is 5.32 Å². The summed E-state index contributed by atoms with van der Waals surface area (Å²) in [6, 6.07) is 19.3. The Kier molecular flexibility index (Phi) is 8.23. The third kappa shape index (κ3) is 6.17. The number of anilines is 1. The molecule has 0 radical (unpaired) electrons. The molecule has 1 unspecified atom stereocenters. The Labute approximate surface area is 218 Å². The first-order valence-electron chi connectivity index (χ1n) is 12.3. The number of carbonyl (C=O) groups excluding carboxylic acids is 1. The van der Waals surface area contributed by atoms with Gasteiger partial charge in [-0.1, -0.05) is 31.5 Å². The molecule has 37 heavy (non-hydrogen) atoms. The Hall–Kier alpha value is -3.72. The lowest BCUT2D eigenvalue weighted by atomic mass is 10.1. The molecule has 1 aliphatic heterocycles. The van der Waals surface area contributed by atoms with Crippen molar-refractivity contribution >= 4 is 21.6 Å². The molecule has 0 aliphatic carbocycles. The number of ether oxygens (including phenoxy) is 3. The van der Waals surface area contributed by atoms with E-state index in [4.69, 9.17) is 14.2 Å². The lowest BCUT2D eigenvalue weighted by Gasteiger charge is -2.35. The highest BCUT2D eigenvalue weighted by atomic mass is 32.2. The summed E-state index contributed by atoms with van der Waals surface area (Å²) < 4.78 is 45.2. The maximum atomic E-state index is 13.6. The Bertz CT molecular complexity index is 1320. The number of nitrogens with one attached hydrogen (secondary N) is 1. The first kappa shape index (κ1) is 26.3. The minimum Gasteiger partial charge on any atom is -0.497 e. The van der Waals surface area contributed by atoms with Crippen molar-refractivity contribution in [2.75, 3.05) is 31.1 Å². The van der Waals surface area contributed by atoms with Crippen LogP contribution in [0, 0.1) is 6.92 Å². The van der Waals surface area contributed by atoms with Crippen molar-refractivity contribution in [2.24, 2.45) is 0 Å². The number of rotatable bonds is 10. The van der Waals surface area contributed by atoms with Gasteiger partial charge in [-0.15, -0.1) is 0 Å². The van der Waals surface area contributed by atoms with Crippen LogP contribution < -0.4 is 23.8 Å². The summed E-state index contributed by atoms with van der Waals surface area (Å²) in [6.07, 6.45) is 1.08. The third-order valence-electron chi connectivity index (χ3n) is 6.06. The van der Waals surface area contributed by atoms with E-state index in [0.717, 1.165) is 24.2 Å². The normalized spacial score (nSPS) is 14.9. The monoisotopic (exact) mass is 524 g/mol. The van der Waals surface area contributed by atoms with Crippen LogP contribution in [0.1, 0.15) is 24.5 Å². The number of hydrogen-bond donors (Lipinski definition) is 1. The first-order chi connectivity index (χ1) is 17.8.